The molecule has 0 fully saturated rings. The Balaban J connectivity index is 1.40. The number of carbonyl (C=O) groups is 3. The van der Waals surface area contributed by atoms with Gasteiger partial charge >= 0.3 is 12.2 Å². The van der Waals surface area contributed by atoms with Crippen LogP contribution in [-0.4, -0.2) is 55.4 Å². The van der Waals surface area contributed by atoms with Gasteiger partial charge in [0.05, 0.1) is 13.2 Å². The lowest BCUT2D eigenvalue weighted by molar-refractivity contribution is -0.660. The summed E-state index contributed by atoms with van der Waals surface area (Å²) in [5, 5.41) is 22.8. The molecule has 228 valence electrons. The van der Waals surface area contributed by atoms with E-state index in [0.29, 0.717) is 50.1 Å². The number of aromatic amines is 1. The number of rotatable bonds is 9. The van der Waals surface area contributed by atoms with Crippen LogP contribution in [0.25, 0.3) is 23.0 Å². The number of hydrogen-bond donors (Lipinski definition) is 4. The molecule has 45 heavy (non-hydrogen) atoms. The van der Waals surface area contributed by atoms with Crippen LogP contribution in [0.4, 0.5) is 15.3 Å². The van der Waals surface area contributed by atoms with Crippen molar-refractivity contribution in [2.45, 2.75) is 12.5 Å². The first kappa shape index (κ1) is 30.9. The number of H-pyrrole nitrogens is 1. The monoisotopic (exact) mass is 647 g/mol. The van der Waals surface area contributed by atoms with Crippen molar-refractivity contribution < 1.29 is 28.9 Å². The van der Waals surface area contributed by atoms with Crippen molar-refractivity contribution in [3.63, 3.8) is 0 Å². The first-order valence-electron chi connectivity index (χ1n) is 13.3. The number of carbonyl (C=O) groups excluding carboxylic acids is 2. The van der Waals surface area contributed by atoms with Gasteiger partial charge in [-0.2, -0.15) is 0 Å². The normalized spacial score (nSPS) is 11.7. The second-order valence-corrected chi connectivity index (χ2v) is 10.3. The van der Waals surface area contributed by atoms with Crippen molar-refractivity contribution in [2.24, 2.45) is 0 Å². The molecule has 2 aromatic heterocycles. The molecule has 0 saturated heterocycles. The number of tetrazole rings is 1. The van der Waals surface area contributed by atoms with Crippen molar-refractivity contribution in [1.29, 1.82) is 0 Å². The third-order valence-corrected chi connectivity index (χ3v) is 7.00. The molecule has 2 heterocycles. The summed E-state index contributed by atoms with van der Waals surface area (Å²) < 4.78 is 6.53. The van der Waals surface area contributed by atoms with Crippen LogP contribution in [0.3, 0.4) is 0 Å². The molecular weight excluding hydrogens is 623 g/mol. The van der Waals surface area contributed by atoms with Gasteiger partial charge in [-0.05, 0) is 48.4 Å². The average Bonchev–Trinajstić information content (AvgIpc) is 3.68. The summed E-state index contributed by atoms with van der Waals surface area (Å²) in [5.41, 5.74) is 3.59. The number of benzene rings is 3. The zero-order valence-electron chi connectivity index (χ0n) is 23.5. The van der Waals surface area contributed by atoms with E-state index in [1.54, 1.807) is 42.5 Å². The van der Waals surface area contributed by atoms with Gasteiger partial charge in [0.2, 0.25) is 5.91 Å². The molecule has 0 unspecified atom stereocenters. The highest BCUT2D eigenvalue weighted by atomic mass is 35.5. The van der Waals surface area contributed by atoms with Crippen LogP contribution in [0.15, 0.2) is 85.2 Å². The first-order valence-corrected chi connectivity index (χ1v) is 14.1. The molecule has 0 radical (unpaired) electrons. The van der Waals surface area contributed by atoms with Crippen LogP contribution in [0.5, 0.6) is 0 Å². The van der Waals surface area contributed by atoms with Gasteiger partial charge in [-0.25, -0.2) is 14.6 Å². The van der Waals surface area contributed by atoms with E-state index in [1.165, 1.54) is 30.3 Å². The van der Waals surface area contributed by atoms with E-state index < -0.39 is 24.1 Å². The van der Waals surface area contributed by atoms with Gasteiger partial charge in [-0.15, -0.1) is 4.68 Å². The molecule has 4 N–H and O–H groups in total. The summed E-state index contributed by atoms with van der Waals surface area (Å²) in [6.07, 6.45) is 2.56. The number of carboxylic acid groups (broad SMARTS) is 1. The molecule has 0 spiro atoms. The number of imidazole rings is 1. The number of hydrogen-bond acceptors (Lipinski definition) is 7. The van der Waals surface area contributed by atoms with Crippen molar-refractivity contribution in [2.75, 3.05) is 12.4 Å². The fraction of sp³-hybridized carbons (Fsp3) is 0.100. The minimum atomic E-state index is -1.30. The van der Waals surface area contributed by atoms with Crippen molar-refractivity contribution in [3.05, 3.63) is 112 Å². The molecule has 2 amide bonds. The zero-order valence-corrected chi connectivity index (χ0v) is 25.0. The molecule has 5 rings (SSSR count). The Hall–Kier alpha value is -5.53. The van der Waals surface area contributed by atoms with Crippen LogP contribution >= 0.6 is 23.2 Å². The van der Waals surface area contributed by atoms with Crippen molar-refractivity contribution >= 4 is 53.1 Å². The van der Waals surface area contributed by atoms with Crippen molar-refractivity contribution in [3.8, 4) is 16.9 Å². The quantitative estimate of drug-likeness (QED) is 0.0976. The van der Waals surface area contributed by atoms with Gasteiger partial charge in [-0.1, -0.05) is 65.7 Å². The fourth-order valence-electron chi connectivity index (χ4n) is 4.36. The fourth-order valence-corrected chi connectivity index (χ4v) is 4.79. The molecule has 0 saturated carbocycles. The second kappa shape index (κ2) is 13.8. The number of nitrogens with zero attached hydrogens (tertiary/aromatic N) is 5. The molecule has 0 aliphatic heterocycles. The third kappa shape index (κ3) is 7.71. The first-order chi connectivity index (χ1) is 21.7. The topological polar surface area (TPSA) is 168 Å². The number of aromatic nitrogens is 6. The minimum absolute atomic E-state index is 0.275. The lowest BCUT2D eigenvalue weighted by Crippen LogP contribution is -2.33. The van der Waals surface area contributed by atoms with Crippen LogP contribution in [0.1, 0.15) is 23.0 Å². The molecule has 5 aromatic rings. The van der Waals surface area contributed by atoms with E-state index in [-0.39, 0.29) is 5.15 Å². The van der Waals surface area contributed by atoms with Gasteiger partial charge in [-0.3, -0.25) is 10.1 Å². The highest BCUT2D eigenvalue weighted by Gasteiger charge is 2.22. The number of nitrogens with one attached hydrogen (secondary N) is 3. The maximum Gasteiger partial charge on any atom is 0.512 e. The smallest absolute Gasteiger partial charge is 0.453 e. The lowest BCUT2D eigenvalue weighted by atomic mass is 10.1. The van der Waals surface area contributed by atoms with Crippen LogP contribution in [0.2, 0.25) is 10.2 Å². The van der Waals surface area contributed by atoms with E-state index in [0.717, 1.165) is 5.56 Å². The number of ether oxygens (including phenoxy) is 1. The SMILES string of the molecule is COC(=O)Nc1ccc(-c2nc([C@H](Cc3ccccc3)NC(=O)/C=C/c3cc(Cl)ccc3-[n+]3cn(C(=O)O)nn3)[nH]c2Cl)cc1. The van der Waals surface area contributed by atoms with Crippen LogP contribution in [0, 0.1) is 0 Å². The van der Waals surface area contributed by atoms with Gasteiger partial charge in [0, 0.05) is 32.6 Å². The standard InChI is InChI=1S/C30H24Cl2N8O5/c1-45-29(42)33-22-11-7-19(8-12-22)26-27(32)36-28(35-26)23(15-18-5-3-2-4-6-18)34-25(41)14-9-20-16-21(31)10-13-24(20)39-17-40(30(43)44)38-37-39/h2-14,16-17,23H,15H2,1H3,(H3-,33,34,35,36,37,38,41,42,43,44)/p+1/b14-9+/t23-/m0/s1. The maximum atomic E-state index is 13.3. The molecule has 13 nitrogen and oxygen atoms in total. The highest BCUT2D eigenvalue weighted by Crippen LogP contribution is 2.29. The summed E-state index contributed by atoms with van der Waals surface area (Å²) in [6, 6.07) is 20.7. The van der Waals surface area contributed by atoms with Gasteiger partial charge in [0.25, 0.3) is 6.33 Å². The number of amides is 2. The van der Waals surface area contributed by atoms with E-state index in [9.17, 15) is 19.5 Å². The number of methoxy groups -OCH3 is 1. The Morgan fingerprint density at radius 3 is 2.53 bits per heavy atom. The predicted molar refractivity (Wildman–Crippen MR) is 165 cm³/mol. The second-order valence-electron chi connectivity index (χ2n) is 9.53. The predicted octanol–water partition coefficient (Wildman–Crippen LogP) is 5.07. The molecule has 0 bridgehead atoms. The summed E-state index contributed by atoms with van der Waals surface area (Å²) in [5.74, 6) is -0.00462. The number of anilines is 1. The minimum Gasteiger partial charge on any atom is -0.453 e. The summed E-state index contributed by atoms with van der Waals surface area (Å²) in [7, 11) is 1.28. The lowest BCUT2D eigenvalue weighted by Gasteiger charge is -2.16. The van der Waals surface area contributed by atoms with E-state index in [4.69, 9.17) is 28.2 Å². The highest BCUT2D eigenvalue weighted by molar-refractivity contribution is 6.32. The number of halogens is 2. The summed E-state index contributed by atoms with van der Waals surface area (Å²) in [6.45, 7) is 0. The molecule has 0 aliphatic carbocycles. The molecule has 3 aromatic carbocycles. The Kier molecular flexibility index (Phi) is 9.51. The van der Waals surface area contributed by atoms with Crippen molar-refractivity contribution in [1.82, 2.24) is 30.4 Å². The van der Waals surface area contributed by atoms with E-state index in [1.807, 2.05) is 30.3 Å². The Labute approximate surface area is 266 Å². The van der Waals surface area contributed by atoms with Gasteiger partial charge in [0.15, 0.2) is 5.21 Å². The van der Waals surface area contributed by atoms with E-state index in [2.05, 4.69) is 30.8 Å². The zero-order chi connectivity index (χ0) is 31.9. The largest absolute Gasteiger partial charge is 0.512 e. The van der Waals surface area contributed by atoms with Crippen LogP contribution in [-0.2, 0) is 16.0 Å². The maximum absolute atomic E-state index is 13.3. The van der Waals surface area contributed by atoms with Crippen LogP contribution < -0.4 is 15.3 Å². The van der Waals surface area contributed by atoms with Gasteiger partial charge in [0.1, 0.15) is 27.6 Å². The van der Waals surface area contributed by atoms with Gasteiger partial charge < -0.3 is 20.1 Å². The Bertz CT molecular complexity index is 1870. The van der Waals surface area contributed by atoms with E-state index >= 15 is 0 Å². The summed E-state index contributed by atoms with van der Waals surface area (Å²) >= 11 is 12.8. The third-order valence-electron chi connectivity index (χ3n) is 6.50. The summed E-state index contributed by atoms with van der Waals surface area (Å²) in [4.78, 5) is 43.8. The molecule has 0 aliphatic rings. The average molecular weight is 648 g/mol. The molecule has 15 heteroatoms. The molecule has 1 atom stereocenters. The molecular formula is C30H25Cl2N8O5+. The Morgan fingerprint density at radius 1 is 1.09 bits per heavy atom. The Morgan fingerprint density at radius 2 is 1.84 bits per heavy atom.